The molecule has 8 nitrogen and oxygen atoms in total. The predicted octanol–water partition coefficient (Wildman–Crippen LogP) is 0.315. The van der Waals surface area contributed by atoms with Gasteiger partial charge in [-0.2, -0.15) is 0 Å². The lowest BCUT2D eigenvalue weighted by Crippen LogP contribution is -2.48. The summed E-state index contributed by atoms with van der Waals surface area (Å²) in [4.78, 5) is 24.4. The molecule has 21 heavy (non-hydrogen) atoms. The highest BCUT2D eigenvalue weighted by Crippen LogP contribution is 2.27. The number of aliphatic hydroxyl groups is 1. The van der Waals surface area contributed by atoms with Gasteiger partial charge in [0.05, 0.1) is 31.5 Å². The fraction of sp³-hybridized carbons (Fsp3) is 0.385. The lowest BCUT2D eigenvalue weighted by atomic mass is 10.1. The number of nitrogens with one attached hydrogen (secondary N) is 1. The van der Waals surface area contributed by atoms with Crippen molar-refractivity contribution >= 4 is 17.7 Å². The Kier molecular flexibility index (Phi) is 4.61. The molecule has 1 aliphatic heterocycles. The van der Waals surface area contributed by atoms with Crippen molar-refractivity contribution in [1.82, 2.24) is 4.90 Å². The normalized spacial score (nSPS) is 18.3. The summed E-state index contributed by atoms with van der Waals surface area (Å²) in [6.45, 7) is 0.687. The molecule has 0 aromatic heterocycles. The Balaban J connectivity index is 2.09. The molecular weight excluding hydrogens is 280 g/mol. The molecule has 1 saturated heterocycles. The van der Waals surface area contributed by atoms with Crippen LogP contribution in [0.5, 0.6) is 5.75 Å². The van der Waals surface area contributed by atoms with Gasteiger partial charge >= 0.3 is 12.0 Å². The highest BCUT2D eigenvalue weighted by Gasteiger charge is 2.24. The first-order chi connectivity index (χ1) is 10.0. The molecule has 1 aliphatic rings. The Hall–Kier alpha value is -2.32. The molecule has 4 N–H and O–H groups in total. The van der Waals surface area contributed by atoms with E-state index < -0.39 is 23.9 Å². The van der Waals surface area contributed by atoms with E-state index in [-0.39, 0.29) is 24.4 Å². The fourth-order valence-corrected chi connectivity index (χ4v) is 2.03. The third kappa shape index (κ3) is 3.41. The number of aromatic hydroxyl groups is 1. The van der Waals surface area contributed by atoms with Gasteiger partial charge in [-0.1, -0.05) is 6.07 Å². The number of morpholine rings is 1. The lowest BCUT2D eigenvalue weighted by Gasteiger charge is -2.32. The van der Waals surface area contributed by atoms with Gasteiger partial charge in [-0.15, -0.1) is 0 Å². The number of ether oxygens (including phenoxy) is 1. The van der Waals surface area contributed by atoms with Crippen molar-refractivity contribution in [2.45, 2.75) is 6.10 Å². The van der Waals surface area contributed by atoms with Gasteiger partial charge in [-0.3, -0.25) is 0 Å². The van der Waals surface area contributed by atoms with Crippen LogP contribution < -0.4 is 5.32 Å². The fourth-order valence-electron chi connectivity index (χ4n) is 2.03. The van der Waals surface area contributed by atoms with Crippen molar-refractivity contribution in [2.75, 3.05) is 31.6 Å². The maximum atomic E-state index is 12.1. The zero-order valence-electron chi connectivity index (χ0n) is 11.2. The second-order valence-corrected chi connectivity index (χ2v) is 4.56. The van der Waals surface area contributed by atoms with Crippen molar-refractivity contribution in [1.29, 1.82) is 0 Å². The number of para-hydroxylation sites is 1. The number of hydrogen-bond acceptors (Lipinski definition) is 5. The number of amides is 2. The van der Waals surface area contributed by atoms with Crippen LogP contribution in [0.2, 0.25) is 0 Å². The van der Waals surface area contributed by atoms with Gasteiger partial charge in [0.2, 0.25) is 0 Å². The van der Waals surface area contributed by atoms with E-state index in [0.717, 1.165) is 0 Å². The average molecular weight is 296 g/mol. The summed E-state index contributed by atoms with van der Waals surface area (Å²) in [5.41, 5.74) is -0.269. The topological polar surface area (TPSA) is 119 Å². The molecule has 0 radical (unpaired) electrons. The molecule has 1 aromatic rings. The zero-order chi connectivity index (χ0) is 15.4. The summed E-state index contributed by atoms with van der Waals surface area (Å²) in [7, 11) is 0. The lowest BCUT2D eigenvalue weighted by molar-refractivity contribution is -0.0388. The molecule has 1 heterocycles. The number of anilines is 1. The number of benzene rings is 1. The number of nitrogens with zero attached hydrogens (tertiary/aromatic N) is 1. The summed E-state index contributed by atoms with van der Waals surface area (Å²) in [5, 5.41) is 30.2. The van der Waals surface area contributed by atoms with Crippen LogP contribution in [0.3, 0.4) is 0 Å². The standard InChI is InChI=1S/C13H16N2O6/c16-7-8-6-15(4-5-21-8)13(20)14-10-3-1-2-9(11(10)17)12(18)19/h1-3,8,16-17H,4-7H2,(H,14,20)(H,18,19). The number of phenols is 1. The van der Waals surface area contributed by atoms with E-state index in [9.17, 15) is 14.7 Å². The van der Waals surface area contributed by atoms with Gasteiger partial charge in [0.1, 0.15) is 5.56 Å². The number of aliphatic hydroxyl groups excluding tert-OH is 1. The number of rotatable bonds is 3. The number of carbonyl (C=O) groups is 2. The summed E-state index contributed by atoms with van der Waals surface area (Å²) >= 11 is 0. The SMILES string of the molecule is O=C(O)c1cccc(NC(=O)N2CCOC(CO)C2)c1O. The van der Waals surface area contributed by atoms with Crippen LogP contribution in [0.25, 0.3) is 0 Å². The maximum Gasteiger partial charge on any atom is 0.339 e. The molecule has 0 saturated carbocycles. The van der Waals surface area contributed by atoms with E-state index in [1.165, 1.54) is 23.1 Å². The van der Waals surface area contributed by atoms with Crippen molar-refractivity contribution in [3.63, 3.8) is 0 Å². The molecule has 8 heteroatoms. The van der Waals surface area contributed by atoms with E-state index in [0.29, 0.717) is 13.2 Å². The molecule has 2 rings (SSSR count). The van der Waals surface area contributed by atoms with Crippen LogP contribution in [0.15, 0.2) is 18.2 Å². The Labute approximate surface area is 120 Å². The first kappa shape index (κ1) is 15.1. The number of carbonyl (C=O) groups excluding carboxylic acids is 1. The van der Waals surface area contributed by atoms with Crippen LogP contribution in [0.1, 0.15) is 10.4 Å². The highest BCUT2D eigenvalue weighted by molar-refractivity contribution is 5.97. The van der Waals surface area contributed by atoms with Crippen LogP contribution in [-0.2, 0) is 4.74 Å². The van der Waals surface area contributed by atoms with E-state index in [2.05, 4.69) is 5.32 Å². The monoisotopic (exact) mass is 296 g/mol. The van der Waals surface area contributed by atoms with Crippen LogP contribution in [0, 0.1) is 0 Å². The molecule has 0 aliphatic carbocycles. The minimum Gasteiger partial charge on any atom is -0.505 e. The molecule has 114 valence electrons. The van der Waals surface area contributed by atoms with Gasteiger partial charge in [-0.05, 0) is 12.1 Å². The van der Waals surface area contributed by atoms with Crippen LogP contribution in [0.4, 0.5) is 10.5 Å². The van der Waals surface area contributed by atoms with E-state index in [1.807, 2.05) is 0 Å². The van der Waals surface area contributed by atoms with Gasteiger partial charge in [0, 0.05) is 6.54 Å². The minimum absolute atomic E-state index is 0.0203. The first-order valence-electron chi connectivity index (χ1n) is 6.36. The molecule has 1 aromatic carbocycles. The molecule has 0 spiro atoms. The van der Waals surface area contributed by atoms with Crippen molar-refractivity contribution in [3.8, 4) is 5.75 Å². The Morgan fingerprint density at radius 1 is 1.43 bits per heavy atom. The zero-order valence-corrected chi connectivity index (χ0v) is 11.2. The van der Waals surface area contributed by atoms with Crippen molar-refractivity contribution in [3.05, 3.63) is 23.8 Å². The highest BCUT2D eigenvalue weighted by atomic mass is 16.5. The Morgan fingerprint density at radius 2 is 2.19 bits per heavy atom. The van der Waals surface area contributed by atoms with E-state index >= 15 is 0 Å². The van der Waals surface area contributed by atoms with Gasteiger partial charge in [0.25, 0.3) is 0 Å². The largest absolute Gasteiger partial charge is 0.505 e. The van der Waals surface area contributed by atoms with Crippen molar-refractivity contribution < 1.29 is 29.6 Å². The average Bonchev–Trinajstić information content (AvgIpc) is 2.49. The third-order valence-electron chi connectivity index (χ3n) is 3.14. The summed E-state index contributed by atoms with van der Waals surface area (Å²) in [6.07, 6.45) is -0.441. The van der Waals surface area contributed by atoms with Crippen LogP contribution in [-0.4, -0.2) is 64.6 Å². The number of carboxylic acid groups (broad SMARTS) is 1. The summed E-state index contributed by atoms with van der Waals surface area (Å²) in [6, 6.07) is 3.58. The number of urea groups is 1. The Morgan fingerprint density at radius 3 is 2.86 bits per heavy atom. The molecule has 2 amide bonds. The third-order valence-corrected chi connectivity index (χ3v) is 3.14. The molecule has 1 fully saturated rings. The predicted molar refractivity (Wildman–Crippen MR) is 72.5 cm³/mol. The summed E-state index contributed by atoms with van der Waals surface area (Å²) in [5.74, 6) is -1.78. The number of carboxylic acids is 1. The van der Waals surface area contributed by atoms with Gasteiger partial charge in [0.15, 0.2) is 5.75 Å². The van der Waals surface area contributed by atoms with Crippen LogP contribution >= 0.6 is 0 Å². The second-order valence-electron chi connectivity index (χ2n) is 4.56. The minimum atomic E-state index is -1.28. The van der Waals surface area contributed by atoms with E-state index in [1.54, 1.807) is 0 Å². The van der Waals surface area contributed by atoms with Gasteiger partial charge in [-0.25, -0.2) is 9.59 Å². The number of aromatic carboxylic acids is 1. The van der Waals surface area contributed by atoms with Crippen molar-refractivity contribution in [2.24, 2.45) is 0 Å². The molecule has 1 unspecified atom stereocenters. The second kappa shape index (κ2) is 6.42. The first-order valence-corrected chi connectivity index (χ1v) is 6.36. The quantitative estimate of drug-likeness (QED) is 0.596. The molecular formula is C13H16N2O6. The van der Waals surface area contributed by atoms with Gasteiger partial charge < -0.3 is 30.3 Å². The smallest absolute Gasteiger partial charge is 0.339 e. The number of hydrogen-bond donors (Lipinski definition) is 4. The van der Waals surface area contributed by atoms with E-state index in [4.69, 9.17) is 14.9 Å². The molecule has 1 atom stereocenters. The maximum absolute atomic E-state index is 12.1. The Bertz CT molecular complexity index is 547. The molecule has 0 bridgehead atoms. The summed E-state index contributed by atoms with van der Waals surface area (Å²) < 4.78 is 5.23.